The lowest BCUT2D eigenvalue weighted by atomic mass is 10.1. The number of halogens is 1. The van der Waals surface area contributed by atoms with E-state index in [-0.39, 0.29) is 6.04 Å². The summed E-state index contributed by atoms with van der Waals surface area (Å²) >= 11 is 6.55. The Morgan fingerprint density at radius 3 is 2.57 bits per heavy atom. The van der Waals surface area contributed by atoms with Gasteiger partial charge in [0.15, 0.2) is 0 Å². The molecule has 1 atom stereocenters. The zero-order valence-corrected chi connectivity index (χ0v) is 17.1. The summed E-state index contributed by atoms with van der Waals surface area (Å²) in [6.45, 7) is 1.89. The topological polar surface area (TPSA) is 78.0 Å². The fourth-order valence-corrected chi connectivity index (χ4v) is 4.20. The molecule has 0 saturated carbocycles. The molecule has 0 spiro atoms. The van der Waals surface area contributed by atoms with Crippen LogP contribution < -0.4 is 15.8 Å². The third-order valence-electron chi connectivity index (χ3n) is 5.43. The summed E-state index contributed by atoms with van der Waals surface area (Å²) in [5, 5.41) is 9.75. The van der Waals surface area contributed by atoms with E-state index in [2.05, 4.69) is 10.3 Å². The van der Waals surface area contributed by atoms with Crippen molar-refractivity contribution in [2.24, 2.45) is 0 Å². The van der Waals surface area contributed by atoms with E-state index in [0.29, 0.717) is 10.8 Å². The molecule has 5 rings (SSSR count). The van der Waals surface area contributed by atoms with Crippen LogP contribution in [0.15, 0.2) is 60.8 Å². The maximum Gasteiger partial charge on any atom is 0.135 e. The Morgan fingerprint density at radius 2 is 1.83 bits per heavy atom. The average Bonchev–Trinajstić information content (AvgIpc) is 3.20. The van der Waals surface area contributed by atoms with Gasteiger partial charge < -0.3 is 15.8 Å². The van der Waals surface area contributed by atoms with Crippen LogP contribution in [0, 0.1) is 0 Å². The molecule has 1 saturated heterocycles. The Hall–Kier alpha value is -3.09. The number of nitrogens with zero attached hydrogens (tertiary/aromatic N) is 3. The maximum atomic E-state index is 6.55. The van der Waals surface area contributed by atoms with Gasteiger partial charge in [-0.05, 0) is 55.8 Å². The monoisotopic (exact) mass is 419 g/mol. The molecule has 2 aromatic heterocycles. The van der Waals surface area contributed by atoms with Gasteiger partial charge >= 0.3 is 0 Å². The first-order valence-corrected chi connectivity index (χ1v) is 10.4. The predicted molar refractivity (Wildman–Crippen MR) is 120 cm³/mol. The van der Waals surface area contributed by atoms with Crippen molar-refractivity contribution < 1.29 is 4.74 Å². The number of aromatic nitrogens is 3. The van der Waals surface area contributed by atoms with E-state index in [4.69, 9.17) is 27.2 Å². The second-order valence-electron chi connectivity index (χ2n) is 7.45. The summed E-state index contributed by atoms with van der Waals surface area (Å²) < 4.78 is 7.93. The van der Waals surface area contributed by atoms with Crippen molar-refractivity contribution >= 4 is 28.3 Å². The van der Waals surface area contributed by atoms with E-state index in [0.717, 1.165) is 59.6 Å². The van der Waals surface area contributed by atoms with Crippen LogP contribution in [0.3, 0.4) is 0 Å². The van der Waals surface area contributed by atoms with Gasteiger partial charge in [0, 0.05) is 12.1 Å². The summed E-state index contributed by atoms with van der Waals surface area (Å²) in [6, 6.07) is 17.8. The molecule has 30 heavy (non-hydrogen) atoms. The zero-order chi connectivity index (χ0) is 20.5. The van der Waals surface area contributed by atoms with Gasteiger partial charge in [-0.2, -0.15) is 5.10 Å². The normalized spacial score (nSPS) is 16.6. The number of fused-ring (bicyclic) bond motifs is 1. The number of benzene rings is 2. The number of para-hydroxylation sites is 1. The highest BCUT2D eigenvalue weighted by molar-refractivity contribution is 6.35. The molecule has 3 N–H and O–H groups in total. The number of anilines is 1. The van der Waals surface area contributed by atoms with E-state index < -0.39 is 0 Å². The first kappa shape index (κ1) is 18.9. The molecule has 1 fully saturated rings. The van der Waals surface area contributed by atoms with Gasteiger partial charge in [0.25, 0.3) is 0 Å². The number of hydrogen-bond donors (Lipinski definition) is 2. The van der Waals surface area contributed by atoms with Crippen LogP contribution in [-0.4, -0.2) is 27.9 Å². The van der Waals surface area contributed by atoms with E-state index in [9.17, 15) is 0 Å². The molecule has 7 heteroatoms. The highest BCUT2D eigenvalue weighted by Gasteiger charge is 2.24. The minimum absolute atomic E-state index is 0.231. The Kier molecular flexibility index (Phi) is 5.02. The minimum atomic E-state index is 0.231. The van der Waals surface area contributed by atoms with Gasteiger partial charge in [-0.15, -0.1) is 0 Å². The number of piperidine rings is 1. The van der Waals surface area contributed by atoms with Crippen LogP contribution in [-0.2, 0) is 0 Å². The Bertz CT molecular complexity index is 1170. The molecule has 6 nitrogen and oxygen atoms in total. The third kappa shape index (κ3) is 3.49. The van der Waals surface area contributed by atoms with Crippen molar-refractivity contribution in [3.8, 4) is 22.8 Å². The van der Waals surface area contributed by atoms with Gasteiger partial charge in [0.05, 0.1) is 28.2 Å². The Labute approximate surface area is 179 Å². The smallest absolute Gasteiger partial charge is 0.135 e. The quantitative estimate of drug-likeness (QED) is 0.484. The first-order chi connectivity index (χ1) is 14.7. The second kappa shape index (κ2) is 7.97. The van der Waals surface area contributed by atoms with Crippen LogP contribution in [0.2, 0.25) is 5.02 Å². The lowest BCUT2D eigenvalue weighted by Crippen LogP contribution is -2.32. The fourth-order valence-electron chi connectivity index (χ4n) is 3.97. The van der Waals surface area contributed by atoms with Crippen molar-refractivity contribution in [2.75, 3.05) is 18.8 Å². The molecule has 1 aliphatic heterocycles. The molecular formula is C23H22ClN5O. The van der Waals surface area contributed by atoms with Crippen LogP contribution >= 0.6 is 11.6 Å². The average molecular weight is 420 g/mol. The molecule has 0 bridgehead atoms. The highest BCUT2D eigenvalue weighted by atomic mass is 35.5. The van der Waals surface area contributed by atoms with E-state index in [1.54, 1.807) is 6.20 Å². The number of nitrogen functional groups attached to an aromatic ring is 1. The molecule has 0 amide bonds. The van der Waals surface area contributed by atoms with E-state index in [1.165, 1.54) is 0 Å². The van der Waals surface area contributed by atoms with Crippen molar-refractivity contribution in [1.29, 1.82) is 0 Å². The Morgan fingerprint density at radius 1 is 1.07 bits per heavy atom. The fraction of sp³-hybridized carbons (Fsp3) is 0.217. The van der Waals surface area contributed by atoms with Crippen molar-refractivity contribution in [1.82, 2.24) is 20.1 Å². The van der Waals surface area contributed by atoms with Gasteiger partial charge in [0.2, 0.25) is 0 Å². The van der Waals surface area contributed by atoms with Gasteiger partial charge in [-0.3, -0.25) is 4.68 Å². The number of nitrogens with two attached hydrogens (primary N) is 1. The standard InChI is InChI=1S/C23H22ClN5O/c24-19-14-27-23(25)20-21(28-29(22(19)20)16-5-4-12-26-13-16)15-8-10-18(11-9-15)30-17-6-2-1-3-7-17/h1-3,6-11,14,16,26H,4-5,12-13H2,(H2,25,27). The number of ether oxygens (including phenoxy) is 1. The second-order valence-corrected chi connectivity index (χ2v) is 7.86. The lowest BCUT2D eigenvalue weighted by Gasteiger charge is -2.24. The van der Waals surface area contributed by atoms with Gasteiger partial charge in [-0.25, -0.2) is 4.98 Å². The molecule has 4 aromatic rings. The van der Waals surface area contributed by atoms with E-state index >= 15 is 0 Å². The SMILES string of the molecule is Nc1ncc(Cl)c2c1c(-c1ccc(Oc3ccccc3)cc1)nn2C1CCCNC1. The summed E-state index contributed by atoms with van der Waals surface area (Å²) in [5.41, 5.74) is 8.85. The molecule has 0 radical (unpaired) electrons. The Balaban J connectivity index is 1.56. The van der Waals surface area contributed by atoms with Gasteiger partial charge in [0.1, 0.15) is 23.0 Å². The molecule has 3 heterocycles. The third-order valence-corrected chi connectivity index (χ3v) is 5.71. The number of hydrogen-bond acceptors (Lipinski definition) is 5. The zero-order valence-electron chi connectivity index (χ0n) is 16.4. The molecule has 152 valence electrons. The number of nitrogens with one attached hydrogen (secondary N) is 1. The molecule has 0 aliphatic carbocycles. The predicted octanol–water partition coefficient (Wildman–Crippen LogP) is 5.05. The first-order valence-electron chi connectivity index (χ1n) is 10.1. The maximum absolute atomic E-state index is 6.55. The van der Waals surface area contributed by atoms with Crippen LogP contribution in [0.25, 0.3) is 22.2 Å². The van der Waals surface area contributed by atoms with Crippen LogP contribution in [0.4, 0.5) is 5.82 Å². The summed E-state index contributed by atoms with van der Waals surface area (Å²) in [7, 11) is 0. The number of rotatable bonds is 4. The molecule has 1 aliphatic rings. The molecule has 1 unspecified atom stereocenters. The summed E-state index contributed by atoms with van der Waals surface area (Å²) in [4.78, 5) is 4.28. The minimum Gasteiger partial charge on any atom is -0.457 e. The van der Waals surface area contributed by atoms with E-state index in [1.807, 2.05) is 59.3 Å². The van der Waals surface area contributed by atoms with Crippen molar-refractivity contribution in [3.05, 3.63) is 65.8 Å². The lowest BCUT2D eigenvalue weighted by molar-refractivity contribution is 0.355. The van der Waals surface area contributed by atoms with Crippen LogP contribution in [0.1, 0.15) is 18.9 Å². The molecule has 2 aromatic carbocycles. The van der Waals surface area contributed by atoms with Gasteiger partial charge in [-0.1, -0.05) is 29.8 Å². The largest absolute Gasteiger partial charge is 0.457 e. The summed E-state index contributed by atoms with van der Waals surface area (Å²) in [5.74, 6) is 1.99. The van der Waals surface area contributed by atoms with Crippen LogP contribution in [0.5, 0.6) is 11.5 Å². The van der Waals surface area contributed by atoms with Crippen molar-refractivity contribution in [2.45, 2.75) is 18.9 Å². The summed E-state index contributed by atoms with van der Waals surface area (Å²) in [6.07, 6.45) is 3.75. The highest BCUT2D eigenvalue weighted by Crippen LogP contribution is 2.38. The van der Waals surface area contributed by atoms with Crippen molar-refractivity contribution in [3.63, 3.8) is 0 Å². The molecular weight excluding hydrogens is 398 g/mol. The number of pyridine rings is 1.